The number of rotatable bonds is 2. The van der Waals surface area contributed by atoms with Gasteiger partial charge in [-0.05, 0) is 24.3 Å². The number of aliphatic imine (C=N–C) groups is 1. The summed E-state index contributed by atoms with van der Waals surface area (Å²) in [6.45, 7) is 0. The molecule has 0 bridgehead atoms. The maximum Gasteiger partial charge on any atom is 0.144 e. The fourth-order valence-corrected chi connectivity index (χ4v) is 1.72. The van der Waals surface area contributed by atoms with E-state index in [0.29, 0.717) is 0 Å². The van der Waals surface area contributed by atoms with Gasteiger partial charge in [-0.2, -0.15) is 0 Å². The summed E-state index contributed by atoms with van der Waals surface area (Å²) in [5.74, 6) is 0.746. The van der Waals surface area contributed by atoms with Crippen LogP contribution in [0.3, 0.4) is 0 Å². The smallest absolute Gasteiger partial charge is 0.144 e. The Labute approximate surface area is 98.4 Å². The van der Waals surface area contributed by atoms with Crippen LogP contribution in [0.5, 0.6) is 0 Å². The van der Waals surface area contributed by atoms with Crippen LogP contribution in [0.1, 0.15) is 5.76 Å². The second kappa shape index (κ2) is 4.22. The molecule has 0 fully saturated rings. The first kappa shape index (κ1) is 9.78. The van der Waals surface area contributed by atoms with Gasteiger partial charge in [-0.3, -0.25) is 9.98 Å². The molecule has 0 spiro atoms. The van der Waals surface area contributed by atoms with Gasteiger partial charge in [0.25, 0.3) is 0 Å². The van der Waals surface area contributed by atoms with Gasteiger partial charge in [-0.1, -0.05) is 12.1 Å². The third-order valence-electron chi connectivity index (χ3n) is 2.53. The second-order valence-electron chi connectivity index (χ2n) is 3.65. The Hall–Kier alpha value is -2.42. The number of furan rings is 1. The van der Waals surface area contributed by atoms with Crippen LogP contribution in [0.25, 0.3) is 10.8 Å². The largest absolute Gasteiger partial charge is 0.463 e. The highest BCUT2D eigenvalue weighted by Crippen LogP contribution is 2.24. The van der Waals surface area contributed by atoms with E-state index in [1.807, 2.05) is 42.6 Å². The van der Waals surface area contributed by atoms with Crippen molar-refractivity contribution in [1.29, 1.82) is 0 Å². The molecule has 0 unspecified atom stereocenters. The summed E-state index contributed by atoms with van der Waals surface area (Å²) >= 11 is 0. The SMILES string of the molecule is C(=Nc1cccc2cnccc12)c1ccco1. The van der Waals surface area contributed by atoms with E-state index in [1.165, 1.54) is 0 Å². The lowest BCUT2D eigenvalue weighted by atomic mass is 10.1. The maximum absolute atomic E-state index is 5.21. The van der Waals surface area contributed by atoms with Crippen LogP contribution in [0, 0.1) is 0 Å². The van der Waals surface area contributed by atoms with Crippen LogP contribution < -0.4 is 0 Å². The van der Waals surface area contributed by atoms with Crippen molar-refractivity contribution in [3.63, 3.8) is 0 Å². The van der Waals surface area contributed by atoms with Gasteiger partial charge in [0.05, 0.1) is 18.2 Å². The summed E-state index contributed by atoms with van der Waals surface area (Å²) < 4.78 is 5.21. The van der Waals surface area contributed by atoms with Gasteiger partial charge in [0.15, 0.2) is 0 Å². The van der Waals surface area contributed by atoms with E-state index in [1.54, 1.807) is 18.7 Å². The fourth-order valence-electron chi connectivity index (χ4n) is 1.72. The summed E-state index contributed by atoms with van der Waals surface area (Å²) in [7, 11) is 0. The lowest BCUT2D eigenvalue weighted by Gasteiger charge is -1.99. The van der Waals surface area contributed by atoms with E-state index in [0.717, 1.165) is 22.2 Å². The molecule has 0 aliphatic carbocycles. The number of nitrogens with zero attached hydrogens (tertiary/aromatic N) is 2. The molecule has 3 aromatic rings. The molecule has 0 saturated heterocycles. The minimum Gasteiger partial charge on any atom is -0.463 e. The van der Waals surface area contributed by atoms with E-state index < -0.39 is 0 Å². The molecule has 3 nitrogen and oxygen atoms in total. The molecule has 0 amide bonds. The van der Waals surface area contributed by atoms with Crippen LogP contribution in [0.4, 0.5) is 5.69 Å². The summed E-state index contributed by atoms with van der Waals surface area (Å²) in [4.78, 5) is 8.52. The molecule has 0 radical (unpaired) electrons. The highest BCUT2D eigenvalue weighted by Gasteiger charge is 1.98. The van der Waals surface area contributed by atoms with Crippen LogP contribution in [0.15, 0.2) is 64.5 Å². The predicted octanol–water partition coefficient (Wildman–Crippen LogP) is 3.58. The molecule has 1 aromatic carbocycles. The molecule has 0 aliphatic heterocycles. The summed E-state index contributed by atoms with van der Waals surface area (Å²) in [6.07, 6.45) is 6.96. The molecule has 0 aliphatic rings. The van der Waals surface area contributed by atoms with Crippen LogP contribution in [-0.2, 0) is 0 Å². The lowest BCUT2D eigenvalue weighted by Crippen LogP contribution is -1.78. The van der Waals surface area contributed by atoms with Crippen molar-refractivity contribution in [3.8, 4) is 0 Å². The van der Waals surface area contributed by atoms with Crippen molar-refractivity contribution in [2.45, 2.75) is 0 Å². The van der Waals surface area contributed by atoms with Gasteiger partial charge in [-0.15, -0.1) is 0 Å². The Morgan fingerprint density at radius 1 is 1.12 bits per heavy atom. The monoisotopic (exact) mass is 222 g/mol. The predicted molar refractivity (Wildman–Crippen MR) is 67.7 cm³/mol. The van der Waals surface area contributed by atoms with Crippen molar-refractivity contribution in [1.82, 2.24) is 4.98 Å². The van der Waals surface area contributed by atoms with Crippen molar-refractivity contribution in [3.05, 3.63) is 60.8 Å². The zero-order chi connectivity index (χ0) is 11.5. The Kier molecular flexibility index (Phi) is 2.43. The minimum atomic E-state index is 0.746. The summed E-state index contributed by atoms with van der Waals surface area (Å²) in [5, 5.41) is 2.17. The van der Waals surface area contributed by atoms with Crippen molar-refractivity contribution in [2.75, 3.05) is 0 Å². The third-order valence-corrected chi connectivity index (χ3v) is 2.53. The van der Waals surface area contributed by atoms with Gasteiger partial charge < -0.3 is 4.42 Å². The van der Waals surface area contributed by atoms with E-state index in [9.17, 15) is 0 Å². The molecule has 0 saturated carbocycles. The van der Waals surface area contributed by atoms with E-state index >= 15 is 0 Å². The average molecular weight is 222 g/mol. The van der Waals surface area contributed by atoms with E-state index in [4.69, 9.17) is 4.42 Å². The van der Waals surface area contributed by atoms with Gasteiger partial charge in [0.2, 0.25) is 0 Å². The van der Waals surface area contributed by atoms with Gasteiger partial charge in [-0.25, -0.2) is 0 Å². The number of hydrogen-bond donors (Lipinski definition) is 0. The Morgan fingerprint density at radius 2 is 2.12 bits per heavy atom. The first-order valence-corrected chi connectivity index (χ1v) is 5.34. The maximum atomic E-state index is 5.21. The molecule has 3 rings (SSSR count). The minimum absolute atomic E-state index is 0.746. The fraction of sp³-hybridized carbons (Fsp3) is 0. The molecule has 17 heavy (non-hydrogen) atoms. The topological polar surface area (TPSA) is 38.4 Å². The Balaban J connectivity index is 2.06. The van der Waals surface area contributed by atoms with Gasteiger partial charge in [0, 0.05) is 23.2 Å². The molecule has 82 valence electrons. The molecular formula is C14H10N2O. The first-order chi connectivity index (χ1) is 8.43. The van der Waals surface area contributed by atoms with Crippen molar-refractivity contribution in [2.24, 2.45) is 4.99 Å². The zero-order valence-corrected chi connectivity index (χ0v) is 9.08. The summed E-state index contributed by atoms with van der Waals surface area (Å²) in [5.41, 5.74) is 0.918. The van der Waals surface area contributed by atoms with Gasteiger partial charge >= 0.3 is 0 Å². The molecular weight excluding hydrogens is 212 g/mol. The first-order valence-electron chi connectivity index (χ1n) is 5.34. The average Bonchev–Trinajstić information content (AvgIpc) is 2.89. The lowest BCUT2D eigenvalue weighted by molar-refractivity contribution is 0.560. The number of hydrogen-bond acceptors (Lipinski definition) is 3. The standard InChI is InChI=1S/C14H10N2O/c1-3-11-9-15-7-6-13(11)14(5-1)16-10-12-4-2-8-17-12/h1-10H. The quantitative estimate of drug-likeness (QED) is 0.621. The van der Waals surface area contributed by atoms with E-state index in [-0.39, 0.29) is 0 Å². The number of pyridine rings is 1. The zero-order valence-electron chi connectivity index (χ0n) is 9.08. The normalized spacial score (nSPS) is 11.3. The molecule has 2 aromatic heterocycles. The number of benzene rings is 1. The summed E-state index contributed by atoms with van der Waals surface area (Å²) in [6, 6.07) is 11.6. The van der Waals surface area contributed by atoms with Crippen molar-refractivity contribution < 1.29 is 4.42 Å². The number of aromatic nitrogens is 1. The van der Waals surface area contributed by atoms with E-state index in [2.05, 4.69) is 9.98 Å². The third kappa shape index (κ3) is 1.95. The second-order valence-corrected chi connectivity index (χ2v) is 3.65. The number of fused-ring (bicyclic) bond motifs is 1. The van der Waals surface area contributed by atoms with Crippen molar-refractivity contribution >= 4 is 22.7 Å². The van der Waals surface area contributed by atoms with Crippen LogP contribution in [-0.4, -0.2) is 11.2 Å². The van der Waals surface area contributed by atoms with Crippen LogP contribution >= 0.6 is 0 Å². The Morgan fingerprint density at radius 3 is 3.00 bits per heavy atom. The molecule has 3 heteroatoms. The molecule has 2 heterocycles. The highest BCUT2D eigenvalue weighted by atomic mass is 16.3. The van der Waals surface area contributed by atoms with Gasteiger partial charge in [0.1, 0.15) is 5.76 Å². The highest BCUT2D eigenvalue weighted by molar-refractivity contribution is 5.94. The van der Waals surface area contributed by atoms with Crippen LogP contribution in [0.2, 0.25) is 0 Å². The Bertz CT molecular complexity index is 652. The molecule has 0 N–H and O–H groups in total. The molecule has 0 atom stereocenters.